The van der Waals surface area contributed by atoms with Crippen molar-refractivity contribution < 1.29 is 28.6 Å². The summed E-state index contributed by atoms with van der Waals surface area (Å²) in [4.78, 5) is 42.0. The van der Waals surface area contributed by atoms with E-state index in [2.05, 4.69) is 22.0 Å². The largest absolute Gasteiger partial charge is 0.381 e. The lowest BCUT2D eigenvalue weighted by Gasteiger charge is -2.36. The predicted molar refractivity (Wildman–Crippen MR) is 122 cm³/mol. The Hall–Kier alpha value is -3.79. The highest BCUT2D eigenvalue weighted by Crippen LogP contribution is 2.32. The number of hydrogen-bond acceptors (Lipinski definition) is 5. The molecule has 0 saturated carbocycles. The number of nitrogens with one attached hydrogen (secondary N) is 1. The molecule has 1 aliphatic rings. The monoisotopic (exact) mass is 465 g/mol. The number of ketones is 2. The minimum atomic E-state index is -0.866. The van der Waals surface area contributed by atoms with Gasteiger partial charge in [0, 0.05) is 24.8 Å². The summed E-state index contributed by atoms with van der Waals surface area (Å²) in [5.41, 5.74) is 0.252. The van der Waals surface area contributed by atoms with Crippen molar-refractivity contribution in [2.45, 2.75) is 33.3 Å². The fourth-order valence-corrected chi connectivity index (χ4v) is 3.85. The van der Waals surface area contributed by atoms with Crippen molar-refractivity contribution in [2.75, 3.05) is 18.5 Å². The van der Waals surface area contributed by atoms with Crippen molar-refractivity contribution in [3.8, 4) is 11.8 Å². The molecule has 1 aromatic carbocycles. The molecule has 0 radical (unpaired) electrons. The molecule has 9 heteroatoms. The van der Waals surface area contributed by atoms with Gasteiger partial charge in [0.25, 0.3) is 5.91 Å². The van der Waals surface area contributed by atoms with Gasteiger partial charge in [0.1, 0.15) is 17.6 Å². The van der Waals surface area contributed by atoms with Crippen LogP contribution in [0.5, 0.6) is 0 Å². The summed E-state index contributed by atoms with van der Waals surface area (Å²) in [5.74, 6) is 2.83. The van der Waals surface area contributed by atoms with Crippen LogP contribution in [0.3, 0.4) is 0 Å². The van der Waals surface area contributed by atoms with Crippen molar-refractivity contribution >= 4 is 28.8 Å². The molecule has 0 aliphatic carbocycles. The summed E-state index contributed by atoms with van der Waals surface area (Å²) in [6.07, 6.45) is -1.02. The number of amides is 1. The molecule has 2 heterocycles. The van der Waals surface area contributed by atoms with Crippen LogP contribution in [-0.4, -0.2) is 46.5 Å². The molecule has 2 aromatic rings. The van der Waals surface area contributed by atoms with Gasteiger partial charge in [0.2, 0.25) is 17.3 Å². The SMILES string of the molecule is [C-]#[N+]c1cc(NC(=O)c2c(C)c(C(=O)C(=O)CC3(C#CC(C)O)COC3)c(C)n2C)ccc1F. The molecule has 1 aromatic heterocycles. The van der Waals surface area contributed by atoms with Crippen LogP contribution in [-0.2, 0) is 16.6 Å². The average molecular weight is 465 g/mol. The summed E-state index contributed by atoms with van der Waals surface area (Å²) in [6.45, 7) is 12.1. The summed E-state index contributed by atoms with van der Waals surface area (Å²) in [5, 5.41) is 12.0. The summed E-state index contributed by atoms with van der Waals surface area (Å²) >= 11 is 0. The third kappa shape index (κ3) is 4.76. The van der Waals surface area contributed by atoms with E-state index >= 15 is 0 Å². The van der Waals surface area contributed by atoms with E-state index in [9.17, 15) is 23.9 Å². The second-order valence-electron chi connectivity index (χ2n) is 8.37. The molecule has 0 bridgehead atoms. The first-order valence-electron chi connectivity index (χ1n) is 10.5. The number of anilines is 1. The molecular formula is C25H24FN3O5. The van der Waals surface area contributed by atoms with Crippen LogP contribution < -0.4 is 5.32 Å². The predicted octanol–water partition coefficient (Wildman–Crippen LogP) is 3.13. The van der Waals surface area contributed by atoms with Gasteiger partial charge in [-0.2, -0.15) is 0 Å². The van der Waals surface area contributed by atoms with Crippen LogP contribution in [0.1, 0.15) is 45.4 Å². The molecule has 34 heavy (non-hydrogen) atoms. The van der Waals surface area contributed by atoms with Crippen LogP contribution in [0, 0.1) is 43.5 Å². The van der Waals surface area contributed by atoms with Gasteiger partial charge in [0.15, 0.2) is 0 Å². The van der Waals surface area contributed by atoms with Gasteiger partial charge >= 0.3 is 0 Å². The normalized spacial score (nSPS) is 14.7. The second-order valence-corrected chi connectivity index (χ2v) is 8.37. The number of Topliss-reactive ketones (excluding diaryl/α,β-unsaturated/α-hetero) is 2. The molecule has 1 unspecified atom stereocenters. The van der Waals surface area contributed by atoms with Crippen LogP contribution in [0.25, 0.3) is 4.85 Å². The van der Waals surface area contributed by atoms with Crippen molar-refractivity contribution in [3.05, 3.63) is 57.9 Å². The Kier molecular flexibility index (Phi) is 7.01. The quantitative estimate of drug-likeness (QED) is 0.295. The van der Waals surface area contributed by atoms with Crippen LogP contribution in [0.2, 0.25) is 0 Å². The molecule has 8 nitrogen and oxygen atoms in total. The molecule has 1 atom stereocenters. The molecule has 1 saturated heterocycles. The number of benzene rings is 1. The number of carbonyl (C=O) groups is 3. The number of halogens is 1. The maximum absolute atomic E-state index is 13.6. The number of hydrogen-bond donors (Lipinski definition) is 2. The first-order valence-corrected chi connectivity index (χ1v) is 10.5. The molecule has 176 valence electrons. The van der Waals surface area contributed by atoms with Gasteiger partial charge in [-0.1, -0.05) is 11.8 Å². The number of rotatable bonds is 6. The highest BCUT2D eigenvalue weighted by atomic mass is 19.1. The Morgan fingerprint density at radius 1 is 1.35 bits per heavy atom. The summed E-state index contributed by atoms with van der Waals surface area (Å²) < 4.78 is 20.3. The number of nitrogens with zero attached hydrogens (tertiary/aromatic N) is 2. The van der Waals surface area contributed by atoms with E-state index in [1.54, 1.807) is 20.9 Å². The maximum atomic E-state index is 13.6. The van der Waals surface area contributed by atoms with Gasteiger partial charge in [0.05, 0.1) is 30.8 Å². The van der Waals surface area contributed by atoms with E-state index in [1.807, 2.05) is 0 Å². The third-order valence-electron chi connectivity index (χ3n) is 5.75. The summed E-state index contributed by atoms with van der Waals surface area (Å²) in [7, 11) is 1.60. The van der Waals surface area contributed by atoms with Crippen molar-refractivity contribution in [3.63, 3.8) is 0 Å². The van der Waals surface area contributed by atoms with E-state index in [1.165, 1.54) is 23.6 Å². The Bertz CT molecular complexity index is 1290. The Balaban J connectivity index is 1.86. The Labute approximate surface area is 196 Å². The summed E-state index contributed by atoms with van der Waals surface area (Å²) in [6, 6.07) is 3.63. The lowest BCUT2D eigenvalue weighted by Crippen LogP contribution is -2.44. The minimum Gasteiger partial charge on any atom is -0.381 e. The zero-order chi connectivity index (χ0) is 25.2. The molecule has 2 N–H and O–H groups in total. The Morgan fingerprint density at radius 3 is 2.59 bits per heavy atom. The highest BCUT2D eigenvalue weighted by Gasteiger charge is 2.41. The smallest absolute Gasteiger partial charge is 0.272 e. The van der Waals surface area contributed by atoms with Gasteiger partial charge in [-0.3, -0.25) is 14.4 Å². The van der Waals surface area contributed by atoms with Crippen LogP contribution in [0.4, 0.5) is 15.8 Å². The van der Waals surface area contributed by atoms with Crippen LogP contribution in [0.15, 0.2) is 18.2 Å². The van der Waals surface area contributed by atoms with E-state index in [-0.39, 0.29) is 42.3 Å². The number of aromatic nitrogens is 1. The number of carbonyl (C=O) groups excluding carboxylic acids is 3. The van der Waals surface area contributed by atoms with Crippen molar-refractivity contribution in [2.24, 2.45) is 12.5 Å². The zero-order valence-electron chi connectivity index (χ0n) is 19.3. The van der Waals surface area contributed by atoms with Gasteiger partial charge in [-0.15, -0.1) is 0 Å². The van der Waals surface area contributed by atoms with E-state index in [4.69, 9.17) is 11.3 Å². The molecule has 0 spiro atoms. The molecule has 1 fully saturated rings. The van der Waals surface area contributed by atoms with Gasteiger partial charge < -0.3 is 19.7 Å². The molecule has 3 rings (SSSR count). The molecule has 1 aliphatic heterocycles. The second kappa shape index (κ2) is 9.60. The van der Waals surface area contributed by atoms with Crippen molar-refractivity contribution in [1.82, 2.24) is 4.57 Å². The highest BCUT2D eigenvalue weighted by molar-refractivity contribution is 6.44. The first-order chi connectivity index (χ1) is 16.0. The number of aliphatic hydroxyl groups is 1. The van der Waals surface area contributed by atoms with E-state index in [0.29, 0.717) is 11.3 Å². The fraction of sp³-hybridized carbons (Fsp3) is 0.360. The zero-order valence-corrected chi connectivity index (χ0v) is 19.3. The standard InChI is InChI=1S/C25H24FN3O5/c1-14(30)8-9-25(12-34-13-25)11-20(31)23(32)21-15(2)22(29(5)16(21)3)24(33)28-17-6-7-18(26)19(10-17)27-4/h6-7,10,14,30H,11-13H2,1-3,5H3,(H,28,33). The van der Waals surface area contributed by atoms with Gasteiger partial charge in [-0.25, -0.2) is 9.24 Å². The topological polar surface area (TPSA) is 102 Å². The maximum Gasteiger partial charge on any atom is 0.272 e. The van der Waals surface area contributed by atoms with Crippen molar-refractivity contribution in [1.29, 1.82) is 0 Å². The number of aliphatic hydroxyl groups excluding tert-OH is 1. The Morgan fingerprint density at radius 2 is 2.03 bits per heavy atom. The molecular weight excluding hydrogens is 441 g/mol. The van der Waals surface area contributed by atoms with Gasteiger partial charge in [-0.05, 0) is 44.5 Å². The van der Waals surface area contributed by atoms with E-state index in [0.717, 1.165) is 6.07 Å². The lowest BCUT2D eigenvalue weighted by molar-refractivity contribution is -0.126. The fourth-order valence-electron chi connectivity index (χ4n) is 3.85. The lowest BCUT2D eigenvalue weighted by atomic mass is 9.80. The van der Waals surface area contributed by atoms with Crippen LogP contribution >= 0.6 is 0 Å². The minimum absolute atomic E-state index is 0.137. The third-order valence-corrected chi connectivity index (χ3v) is 5.75. The first kappa shape index (κ1) is 24.8. The molecule has 1 amide bonds. The number of ether oxygens (including phenoxy) is 1. The van der Waals surface area contributed by atoms with E-state index < -0.39 is 34.8 Å². The average Bonchev–Trinajstić information content (AvgIpc) is 2.98.